The second kappa shape index (κ2) is 9.78. The Labute approximate surface area is 183 Å². The number of hydrazone groups is 2. The Morgan fingerprint density at radius 2 is 1.29 bits per heavy atom. The molecule has 2 aliphatic rings. The molecule has 0 aromatic heterocycles. The van der Waals surface area contributed by atoms with Gasteiger partial charge in [-0.3, -0.25) is 9.59 Å². The zero-order chi connectivity index (χ0) is 22.5. The lowest BCUT2D eigenvalue weighted by Crippen LogP contribution is -2.32. The molecule has 0 radical (unpaired) electrons. The number of nitrogens with zero attached hydrogens (tertiary/aromatic N) is 2. The minimum absolute atomic E-state index is 0.0276. The molecule has 31 heavy (non-hydrogen) atoms. The summed E-state index contributed by atoms with van der Waals surface area (Å²) in [5.41, 5.74) is 7.79. The number of amides is 2. The van der Waals surface area contributed by atoms with Crippen LogP contribution in [0.3, 0.4) is 0 Å². The molecule has 0 fully saturated rings. The lowest BCUT2D eigenvalue weighted by Gasteiger charge is -2.19. The largest absolute Gasteiger partial charge is 0.273 e. The van der Waals surface area contributed by atoms with E-state index < -0.39 is 11.6 Å². The maximum absolute atomic E-state index is 13.0. The van der Waals surface area contributed by atoms with Crippen molar-refractivity contribution in [2.75, 3.05) is 0 Å². The van der Waals surface area contributed by atoms with Crippen LogP contribution in [0.5, 0.6) is 0 Å². The summed E-state index contributed by atoms with van der Waals surface area (Å²) in [6, 6.07) is 11.1. The van der Waals surface area contributed by atoms with Crippen LogP contribution < -0.4 is 10.9 Å². The Bertz CT molecular complexity index is 1050. The highest BCUT2D eigenvalue weighted by atomic mass is 35.5. The van der Waals surface area contributed by atoms with Crippen LogP contribution in [-0.4, -0.2) is 23.2 Å². The topological polar surface area (TPSA) is 82.9 Å². The van der Waals surface area contributed by atoms with E-state index in [2.05, 4.69) is 21.1 Å². The van der Waals surface area contributed by atoms with E-state index in [4.69, 9.17) is 11.6 Å². The smallest absolute Gasteiger partial charge is 0.240 e. The fourth-order valence-electron chi connectivity index (χ4n) is 3.28. The van der Waals surface area contributed by atoms with Gasteiger partial charge in [-0.25, -0.2) is 19.6 Å². The van der Waals surface area contributed by atoms with Crippen molar-refractivity contribution >= 4 is 34.8 Å². The van der Waals surface area contributed by atoms with Crippen LogP contribution in [0.1, 0.15) is 37.8 Å². The van der Waals surface area contributed by atoms with E-state index in [1.54, 1.807) is 0 Å². The predicted molar refractivity (Wildman–Crippen MR) is 115 cm³/mol. The summed E-state index contributed by atoms with van der Waals surface area (Å²) in [6.07, 6.45) is 0.791. The van der Waals surface area contributed by atoms with Crippen LogP contribution in [0.15, 0.2) is 52.7 Å². The molecule has 4 rings (SSSR count). The van der Waals surface area contributed by atoms with E-state index >= 15 is 0 Å². The van der Waals surface area contributed by atoms with Gasteiger partial charge < -0.3 is 0 Å². The summed E-state index contributed by atoms with van der Waals surface area (Å²) < 4.78 is 25.8. The molecular weight excluding hydrogens is 426 g/mol. The van der Waals surface area contributed by atoms with Gasteiger partial charge in [0, 0.05) is 35.3 Å². The molecule has 0 saturated carbocycles. The molecule has 2 amide bonds. The second-order valence-corrected chi connectivity index (χ2v) is 7.85. The number of carbonyl (C=O) groups is 2. The van der Waals surface area contributed by atoms with Gasteiger partial charge in [0.25, 0.3) is 0 Å². The monoisotopic (exact) mass is 446 g/mol. The number of nitrogens with one attached hydrogen (secondary N) is 2. The van der Waals surface area contributed by atoms with Gasteiger partial charge in [-0.15, -0.1) is 0 Å². The van der Waals surface area contributed by atoms with Crippen molar-refractivity contribution < 1.29 is 18.4 Å². The van der Waals surface area contributed by atoms with Crippen LogP contribution in [0.25, 0.3) is 0 Å². The molecular formula is C22H21ClF2N4O2. The molecule has 2 unspecified atom stereocenters. The van der Waals surface area contributed by atoms with Gasteiger partial charge in [0.1, 0.15) is 0 Å². The van der Waals surface area contributed by atoms with Crippen molar-refractivity contribution in [1.29, 1.82) is 0 Å². The van der Waals surface area contributed by atoms with Gasteiger partial charge in [-0.05, 0) is 35.9 Å². The molecule has 2 aliphatic heterocycles. The number of benzene rings is 2. The molecule has 2 aromatic rings. The Kier molecular flexibility index (Phi) is 7.12. The van der Waals surface area contributed by atoms with Crippen molar-refractivity contribution in [3.63, 3.8) is 0 Å². The number of halogens is 3. The first kappa shape index (κ1) is 22.6. The molecule has 0 aliphatic carbocycles. The highest BCUT2D eigenvalue weighted by Crippen LogP contribution is 2.19. The summed E-state index contributed by atoms with van der Waals surface area (Å²) in [5, 5.41) is 8.63. The first-order valence-corrected chi connectivity index (χ1v) is 10.1. The summed E-state index contributed by atoms with van der Waals surface area (Å²) in [6.45, 7) is 3.81. The van der Waals surface area contributed by atoms with Crippen LogP contribution in [0, 0.1) is 23.5 Å². The average Bonchev–Trinajstić information content (AvgIpc) is 2.72. The summed E-state index contributed by atoms with van der Waals surface area (Å²) in [7, 11) is 0. The van der Waals surface area contributed by atoms with Gasteiger partial charge >= 0.3 is 0 Å². The minimum atomic E-state index is -0.913. The molecule has 162 valence electrons. The summed E-state index contributed by atoms with van der Waals surface area (Å²) in [5.74, 6) is -1.95. The van der Waals surface area contributed by atoms with Crippen LogP contribution >= 0.6 is 11.6 Å². The van der Waals surface area contributed by atoms with Gasteiger partial charge in [0.05, 0.1) is 11.4 Å². The van der Waals surface area contributed by atoms with E-state index in [1.165, 1.54) is 6.07 Å². The molecule has 2 N–H and O–H groups in total. The quantitative estimate of drug-likeness (QED) is 0.730. The molecule has 9 heteroatoms. The maximum atomic E-state index is 13.0. The van der Waals surface area contributed by atoms with E-state index in [0.717, 1.165) is 23.4 Å². The molecule has 2 aromatic carbocycles. The fourth-order valence-corrected chi connectivity index (χ4v) is 3.41. The van der Waals surface area contributed by atoms with Crippen molar-refractivity contribution in [1.82, 2.24) is 10.9 Å². The van der Waals surface area contributed by atoms with E-state index in [9.17, 15) is 18.4 Å². The van der Waals surface area contributed by atoms with Crippen molar-refractivity contribution in [3.8, 4) is 0 Å². The van der Waals surface area contributed by atoms with Crippen molar-refractivity contribution in [2.24, 2.45) is 22.0 Å². The van der Waals surface area contributed by atoms with Gasteiger partial charge in [-0.1, -0.05) is 37.6 Å². The zero-order valence-electron chi connectivity index (χ0n) is 17.0. The maximum Gasteiger partial charge on any atom is 0.240 e. The Morgan fingerprint density at radius 1 is 0.806 bits per heavy atom. The normalized spacial score (nSPS) is 20.5. The van der Waals surface area contributed by atoms with E-state index in [0.29, 0.717) is 29.1 Å². The molecule has 0 spiro atoms. The number of carbonyl (C=O) groups excluding carboxylic acids is 2. The van der Waals surface area contributed by atoms with Crippen LogP contribution in [0.2, 0.25) is 5.02 Å². The average molecular weight is 447 g/mol. The third-order valence-corrected chi connectivity index (χ3v) is 5.13. The zero-order valence-corrected chi connectivity index (χ0v) is 17.7. The van der Waals surface area contributed by atoms with E-state index in [-0.39, 0.29) is 23.7 Å². The summed E-state index contributed by atoms with van der Waals surface area (Å²) in [4.78, 5) is 22.1. The molecule has 0 bridgehead atoms. The van der Waals surface area contributed by atoms with Crippen molar-refractivity contribution in [2.45, 2.75) is 26.7 Å². The molecule has 2 atom stereocenters. The van der Waals surface area contributed by atoms with Gasteiger partial charge in [0.15, 0.2) is 11.6 Å². The molecule has 0 saturated heterocycles. The van der Waals surface area contributed by atoms with E-state index in [1.807, 2.05) is 38.1 Å². The fraction of sp³-hybridized carbons (Fsp3) is 0.273. The van der Waals surface area contributed by atoms with Crippen molar-refractivity contribution in [3.05, 3.63) is 70.2 Å². The van der Waals surface area contributed by atoms with Crippen LogP contribution in [0.4, 0.5) is 8.78 Å². The standard InChI is InChI=1S/C11H11ClN2O.C11H10F2N2O/c1-7-6-10(15)13-14-11(7)8-2-4-9(12)5-3-8;1-6-4-10(16)14-15-11(6)7-2-3-8(12)9(13)5-7/h2-5,7H,6H2,1H3,(H,13,15);2-3,5-6H,4H2,1H3,(H,14,16). The van der Waals surface area contributed by atoms with Crippen LogP contribution in [-0.2, 0) is 9.59 Å². The first-order chi connectivity index (χ1) is 14.7. The van der Waals surface area contributed by atoms with Gasteiger partial charge in [-0.2, -0.15) is 10.2 Å². The SMILES string of the molecule is CC1CC(=O)NN=C1c1ccc(Cl)cc1.CC1CC(=O)NN=C1c1ccc(F)c(F)c1. The van der Waals surface area contributed by atoms with Gasteiger partial charge in [0.2, 0.25) is 11.8 Å². The number of hydrogen-bond acceptors (Lipinski definition) is 4. The third-order valence-electron chi connectivity index (χ3n) is 4.87. The highest BCUT2D eigenvalue weighted by Gasteiger charge is 2.22. The number of hydrogen-bond donors (Lipinski definition) is 2. The lowest BCUT2D eigenvalue weighted by atomic mass is 9.94. The summed E-state index contributed by atoms with van der Waals surface area (Å²) >= 11 is 5.80. The third kappa shape index (κ3) is 5.73. The number of rotatable bonds is 2. The molecule has 6 nitrogen and oxygen atoms in total. The molecule has 2 heterocycles. The first-order valence-electron chi connectivity index (χ1n) is 9.68. The Balaban J connectivity index is 0.000000176. The highest BCUT2D eigenvalue weighted by molar-refractivity contribution is 6.30. The minimum Gasteiger partial charge on any atom is -0.273 e. The predicted octanol–water partition coefficient (Wildman–Crippen LogP) is 4.03. The second-order valence-electron chi connectivity index (χ2n) is 7.41. The Hall–Kier alpha value is -3.13. The lowest BCUT2D eigenvalue weighted by molar-refractivity contribution is -0.122. The Morgan fingerprint density at radius 3 is 1.77 bits per heavy atom.